The molecule has 0 saturated carbocycles. The van der Waals surface area contributed by atoms with Crippen molar-refractivity contribution < 1.29 is 9.90 Å². The molecule has 0 aromatic carbocycles. The molecule has 0 spiro atoms. The van der Waals surface area contributed by atoms with Crippen molar-refractivity contribution in [2.75, 3.05) is 4.90 Å². The third kappa shape index (κ3) is 2.88. The minimum absolute atomic E-state index is 0.117. The number of hydrogen-bond acceptors (Lipinski definition) is 5. The Balaban J connectivity index is 2.21. The van der Waals surface area contributed by atoms with Crippen LogP contribution < -0.4 is 4.90 Å². The monoisotopic (exact) mass is 282 g/mol. The van der Waals surface area contributed by atoms with E-state index in [0.29, 0.717) is 0 Å². The van der Waals surface area contributed by atoms with Gasteiger partial charge in [0.25, 0.3) is 0 Å². The van der Waals surface area contributed by atoms with Crippen molar-refractivity contribution in [3.8, 4) is 0 Å². The third-order valence-electron chi connectivity index (χ3n) is 2.49. The number of nitrogens with zero attached hydrogens (tertiary/aromatic N) is 2. The summed E-state index contributed by atoms with van der Waals surface area (Å²) in [7, 11) is 0. The van der Waals surface area contributed by atoms with Gasteiger partial charge < -0.3 is 10.0 Å². The zero-order valence-corrected chi connectivity index (χ0v) is 11.8. The lowest BCUT2D eigenvalue weighted by molar-refractivity contribution is 0.0691. The van der Waals surface area contributed by atoms with Gasteiger partial charge in [0.2, 0.25) is 0 Å². The molecule has 0 atom stereocenters. The van der Waals surface area contributed by atoms with E-state index in [-0.39, 0.29) is 11.7 Å². The summed E-state index contributed by atoms with van der Waals surface area (Å²) in [6.45, 7) is 4.92. The number of aromatic nitrogens is 1. The summed E-state index contributed by atoms with van der Waals surface area (Å²) >= 11 is 3.07. The number of carboxylic acids is 1. The number of thiazole rings is 1. The molecule has 2 aromatic heterocycles. The SMILES string of the molecule is CC(C)N(Cc1cccs1)c1nc(C(=O)O)cs1. The molecule has 0 aliphatic carbocycles. The zero-order chi connectivity index (χ0) is 13.1. The van der Waals surface area contributed by atoms with Crippen molar-refractivity contribution >= 4 is 33.8 Å². The van der Waals surface area contributed by atoms with Gasteiger partial charge in [0.1, 0.15) is 0 Å². The molecule has 96 valence electrons. The quantitative estimate of drug-likeness (QED) is 0.914. The first-order valence-corrected chi connectivity index (χ1v) is 7.31. The Hall–Kier alpha value is -1.40. The standard InChI is InChI=1S/C12H14N2O2S2/c1-8(2)14(6-9-4-3-5-17-9)12-13-10(7-18-12)11(15)16/h3-5,7-8H,6H2,1-2H3,(H,15,16). The molecule has 0 saturated heterocycles. The number of thiophene rings is 1. The number of anilines is 1. The lowest BCUT2D eigenvalue weighted by atomic mass is 10.3. The Kier molecular flexibility index (Phi) is 3.98. The average Bonchev–Trinajstić information content (AvgIpc) is 2.96. The lowest BCUT2D eigenvalue weighted by Gasteiger charge is -2.25. The molecule has 0 fully saturated rings. The number of aromatic carboxylic acids is 1. The van der Waals surface area contributed by atoms with Crippen molar-refractivity contribution in [2.45, 2.75) is 26.4 Å². The smallest absolute Gasteiger partial charge is 0.355 e. The molecule has 6 heteroatoms. The lowest BCUT2D eigenvalue weighted by Crippen LogP contribution is -2.29. The summed E-state index contributed by atoms with van der Waals surface area (Å²) in [5.74, 6) is -0.975. The highest BCUT2D eigenvalue weighted by molar-refractivity contribution is 7.14. The van der Waals surface area contributed by atoms with Gasteiger partial charge in [-0.1, -0.05) is 6.07 Å². The van der Waals surface area contributed by atoms with Crippen molar-refractivity contribution in [2.24, 2.45) is 0 Å². The topological polar surface area (TPSA) is 53.4 Å². The van der Waals surface area contributed by atoms with Gasteiger partial charge in [0.05, 0.1) is 6.54 Å². The van der Waals surface area contributed by atoms with Gasteiger partial charge in [-0.2, -0.15) is 0 Å². The van der Waals surface area contributed by atoms with E-state index in [0.717, 1.165) is 11.7 Å². The van der Waals surface area contributed by atoms with Gasteiger partial charge in [0.15, 0.2) is 10.8 Å². The fourth-order valence-electron chi connectivity index (χ4n) is 1.54. The molecule has 2 aromatic rings. The first kappa shape index (κ1) is 13.0. The van der Waals surface area contributed by atoms with E-state index in [1.54, 1.807) is 16.7 Å². The van der Waals surface area contributed by atoms with Gasteiger partial charge in [-0.3, -0.25) is 0 Å². The molecule has 2 rings (SSSR count). The van der Waals surface area contributed by atoms with Crippen LogP contribution in [0.2, 0.25) is 0 Å². The van der Waals surface area contributed by atoms with Gasteiger partial charge >= 0.3 is 5.97 Å². The Morgan fingerprint density at radius 2 is 2.28 bits per heavy atom. The molecule has 0 aliphatic rings. The third-order valence-corrected chi connectivity index (χ3v) is 4.23. The van der Waals surface area contributed by atoms with Gasteiger partial charge in [0, 0.05) is 16.3 Å². The van der Waals surface area contributed by atoms with Crippen molar-refractivity contribution in [3.63, 3.8) is 0 Å². The normalized spacial score (nSPS) is 10.8. The molecule has 2 heterocycles. The van der Waals surface area contributed by atoms with Crippen LogP contribution in [-0.4, -0.2) is 22.1 Å². The van der Waals surface area contributed by atoms with Crippen LogP contribution in [0.4, 0.5) is 5.13 Å². The summed E-state index contributed by atoms with van der Waals surface area (Å²) in [4.78, 5) is 18.4. The van der Waals surface area contributed by atoms with Gasteiger partial charge in [-0.15, -0.1) is 22.7 Å². The molecule has 0 radical (unpaired) electrons. The first-order chi connectivity index (χ1) is 8.58. The largest absolute Gasteiger partial charge is 0.476 e. The minimum atomic E-state index is -0.975. The van der Waals surface area contributed by atoms with Crippen LogP contribution in [-0.2, 0) is 6.54 Å². The molecule has 18 heavy (non-hydrogen) atoms. The molecule has 0 unspecified atom stereocenters. The molecular formula is C12H14N2O2S2. The van der Waals surface area contributed by atoms with Crippen LogP contribution in [0.25, 0.3) is 0 Å². The molecule has 0 amide bonds. The summed E-state index contributed by atoms with van der Waals surface area (Å²) in [5, 5.41) is 13.3. The number of hydrogen-bond donors (Lipinski definition) is 1. The molecular weight excluding hydrogens is 268 g/mol. The number of carboxylic acid groups (broad SMARTS) is 1. The van der Waals surface area contributed by atoms with Crippen LogP contribution in [0.1, 0.15) is 29.2 Å². The summed E-state index contributed by atoms with van der Waals surface area (Å²) < 4.78 is 0. The second kappa shape index (κ2) is 5.49. The fourth-order valence-corrected chi connectivity index (χ4v) is 3.17. The van der Waals surface area contributed by atoms with Gasteiger partial charge in [-0.25, -0.2) is 9.78 Å². The van der Waals surface area contributed by atoms with E-state index in [1.807, 2.05) is 11.4 Å². The second-order valence-corrected chi connectivity index (χ2v) is 5.99. The predicted octanol–water partition coefficient (Wildman–Crippen LogP) is 3.32. The van der Waals surface area contributed by atoms with Crippen molar-refractivity contribution in [1.82, 2.24) is 4.98 Å². The van der Waals surface area contributed by atoms with Gasteiger partial charge in [-0.05, 0) is 25.3 Å². The van der Waals surface area contributed by atoms with E-state index in [4.69, 9.17) is 5.11 Å². The van der Waals surface area contributed by atoms with Crippen molar-refractivity contribution in [3.05, 3.63) is 33.5 Å². The Labute approximate surface area is 114 Å². The van der Waals surface area contributed by atoms with E-state index in [9.17, 15) is 4.79 Å². The highest BCUT2D eigenvalue weighted by Crippen LogP contribution is 2.25. The minimum Gasteiger partial charge on any atom is -0.476 e. The summed E-state index contributed by atoms with van der Waals surface area (Å²) in [6, 6.07) is 4.37. The van der Waals surface area contributed by atoms with E-state index >= 15 is 0 Å². The molecule has 0 aliphatic heterocycles. The van der Waals surface area contributed by atoms with E-state index in [1.165, 1.54) is 16.2 Å². The first-order valence-electron chi connectivity index (χ1n) is 5.55. The average molecular weight is 282 g/mol. The van der Waals surface area contributed by atoms with Crippen LogP contribution in [0.3, 0.4) is 0 Å². The summed E-state index contributed by atoms with van der Waals surface area (Å²) in [5.41, 5.74) is 0.117. The maximum atomic E-state index is 10.9. The highest BCUT2D eigenvalue weighted by atomic mass is 32.1. The number of rotatable bonds is 5. The Bertz CT molecular complexity index is 520. The molecule has 1 N–H and O–H groups in total. The molecule has 4 nitrogen and oxygen atoms in total. The van der Waals surface area contributed by atoms with Crippen molar-refractivity contribution in [1.29, 1.82) is 0 Å². The highest BCUT2D eigenvalue weighted by Gasteiger charge is 2.17. The van der Waals surface area contributed by atoms with Crippen LogP contribution in [0.5, 0.6) is 0 Å². The zero-order valence-electron chi connectivity index (χ0n) is 10.2. The Morgan fingerprint density at radius 1 is 1.50 bits per heavy atom. The van der Waals surface area contributed by atoms with Crippen LogP contribution in [0.15, 0.2) is 22.9 Å². The van der Waals surface area contributed by atoms with Crippen LogP contribution >= 0.6 is 22.7 Å². The van der Waals surface area contributed by atoms with Crippen LogP contribution in [0, 0.1) is 0 Å². The maximum absolute atomic E-state index is 10.9. The maximum Gasteiger partial charge on any atom is 0.355 e. The van der Waals surface area contributed by atoms with E-state index in [2.05, 4.69) is 29.8 Å². The van der Waals surface area contributed by atoms with E-state index < -0.39 is 5.97 Å². The Morgan fingerprint density at radius 3 is 2.78 bits per heavy atom. The molecule has 0 bridgehead atoms. The number of carbonyl (C=O) groups is 1. The summed E-state index contributed by atoms with van der Waals surface area (Å²) in [6.07, 6.45) is 0. The second-order valence-electron chi connectivity index (χ2n) is 4.12. The fraction of sp³-hybridized carbons (Fsp3) is 0.333. The predicted molar refractivity (Wildman–Crippen MR) is 74.7 cm³/mol.